The summed E-state index contributed by atoms with van der Waals surface area (Å²) < 4.78 is 13.5. The second-order valence-electron chi connectivity index (χ2n) is 5.27. The molecule has 1 aromatic carbocycles. The number of nitrogens with zero attached hydrogens (tertiary/aromatic N) is 2. The van der Waals surface area contributed by atoms with Gasteiger partial charge < -0.3 is 14.6 Å². The summed E-state index contributed by atoms with van der Waals surface area (Å²) in [6.45, 7) is 5.20. The molecule has 1 aliphatic rings. The van der Waals surface area contributed by atoms with Crippen LogP contribution in [0.3, 0.4) is 0 Å². The molecule has 1 aromatic heterocycles. The normalized spacial score (nSPS) is 15.0. The van der Waals surface area contributed by atoms with Crippen molar-refractivity contribution in [2.24, 2.45) is 4.99 Å². The van der Waals surface area contributed by atoms with Gasteiger partial charge in [-0.2, -0.15) is 0 Å². The Bertz CT molecular complexity index is 795. The Kier molecular flexibility index (Phi) is 4.68. The molecule has 0 bridgehead atoms. The van der Waals surface area contributed by atoms with Crippen molar-refractivity contribution in [1.29, 1.82) is 0 Å². The van der Waals surface area contributed by atoms with Gasteiger partial charge in [0.1, 0.15) is 18.1 Å². The number of hydrogen-bond acceptors (Lipinski definition) is 6. The van der Waals surface area contributed by atoms with E-state index in [4.69, 9.17) is 21.7 Å². The Balaban J connectivity index is 1.87. The summed E-state index contributed by atoms with van der Waals surface area (Å²) in [7, 11) is 0. The number of benzene rings is 1. The summed E-state index contributed by atoms with van der Waals surface area (Å²) in [5, 5.41) is 10.4. The average Bonchev–Trinajstić information content (AvgIpc) is 2.86. The highest BCUT2D eigenvalue weighted by atomic mass is 32.1. The van der Waals surface area contributed by atoms with Crippen molar-refractivity contribution in [2.45, 2.75) is 26.3 Å². The van der Waals surface area contributed by atoms with Crippen LogP contribution < -0.4 is 9.47 Å². The van der Waals surface area contributed by atoms with Gasteiger partial charge >= 0.3 is 0 Å². The SMILES string of the molecule is CC[C@@H](C)n1c(O)c(C=Nc2ccc3c(c2)OCCO3)sc1=S. The van der Waals surface area contributed by atoms with E-state index >= 15 is 0 Å². The van der Waals surface area contributed by atoms with Gasteiger partial charge in [0, 0.05) is 12.1 Å². The molecule has 3 rings (SSSR count). The third kappa shape index (κ3) is 3.25. The molecule has 0 saturated carbocycles. The van der Waals surface area contributed by atoms with Crippen LogP contribution in [-0.2, 0) is 0 Å². The number of rotatable bonds is 4. The zero-order chi connectivity index (χ0) is 16.4. The molecule has 0 amide bonds. The van der Waals surface area contributed by atoms with Crippen LogP contribution in [0.5, 0.6) is 17.4 Å². The van der Waals surface area contributed by atoms with Crippen LogP contribution in [0.15, 0.2) is 23.2 Å². The lowest BCUT2D eigenvalue weighted by Crippen LogP contribution is -2.14. The van der Waals surface area contributed by atoms with E-state index in [1.54, 1.807) is 10.8 Å². The maximum Gasteiger partial charge on any atom is 0.212 e. The van der Waals surface area contributed by atoms with Crippen molar-refractivity contribution in [3.8, 4) is 17.4 Å². The molecular formula is C16H18N2O3S2. The molecule has 1 atom stereocenters. The molecule has 1 N–H and O–H groups in total. The molecule has 5 nitrogen and oxygen atoms in total. The molecule has 7 heteroatoms. The molecule has 1 aliphatic heterocycles. The number of fused-ring (bicyclic) bond motifs is 1. The third-order valence-corrected chi connectivity index (χ3v) is 5.06. The summed E-state index contributed by atoms with van der Waals surface area (Å²) in [5.41, 5.74) is 0.739. The molecule has 0 radical (unpaired) electrons. The standard InChI is InChI=1S/C16H18N2O3S2/c1-3-10(2)18-15(19)14(23-16(18)22)9-17-11-4-5-12-13(8-11)21-7-6-20-12/h4-5,8-10,19H,3,6-7H2,1-2H3/t10-/m1/s1. The fourth-order valence-electron chi connectivity index (χ4n) is 2.29. The van der Waals surface area contributed by atoms with E-state index in [1.807, 2.05) is 25.1 Å². The van der Waals surface area contributed by atoms with Gasteiger partial charge in [0.15, 0.2) is 15.5 Å². The van der Waals surface area contributed by atoms with Gasteiger partial charge in [0.25, 0.3) is 0 Å². The Hall–Kier alpha value is -1.86. The molecule has 2 aromatic rings. The predicted molar refractivity (Wildman–Crippen MR) is 94.5 cm³/mol. The summed E-state index contributed by atoms with van der Waals surface area (Å²) in [6, 6.07) is 5.68. The first-order valence-electron chi connectivity index (χ1n) is 7.48. The Morgan fingerprint density at radius 2 is 2.13 bits per heavy atom. The van der Waals surface area contributed by atoms with Gasteiger partial charge in [-0.25, -0.2) is 0 Å². The largest absolute Gasteiger partial charge is 0.493 e. The highest BCUT2D eigenvalue weighted by Gasteiger charge is 2.15. The van der Waals surface area contributed by atoms with E-state index in [1.165, 1.54) is 11.3 Å². The molecule has 0 spiro atoms. The highest BCUT2D eigenvalue weighted by Crippen LogP contribution is 2.34. The summed E-state index contributed by atoms with van der Waals surface area (Å²) in [4.78, 5) is 5.07. The molecule has 122 valence electrons. The lowest BCUT2D eigenvalue weighted by molar-refractivity contribution is 0.171. The lowest BCUT2D eigenvalue weighted by Gasteiger charge is -2.18. The minimum absolute atomic E-state index is 0.162. The van der Waals surface area contributed by atoms with Gasteiger partial charge in [-0.15, -0.1) is 0 Å². The molecule has 23 heavy (non-hydrogen) atoms. The van der Waals surface area contributed by atoms with Crippen LogP contribution in [-0.4, -0.2) is 29.1 Å². The topological polar surface area (TPSA) is 56.0 Å². The average molecular weight is 350 g/mol. The highest BCUT2D eigenvalue weighted by molar-refractivity contribution is 7.73. The smallest absolute Gasteiger partial charge is 0.212 e. The van der Waals surface area contributed by atoms with Crippen LogP contribution in [0.4, 0.5) is 5.69 Å². The van der Waals surface area contributed by atoms with Crippen molar-refractivity contribution in [3.63, 3.8) is 0 Å². The van der Waals surface area contributed by atoms with Gasteiger partial charge in [-0.1, -0.05) is 18.3 Å². The predicted octanol–water partition coefficient (Wildman–Crippen LogP) is 4.48. The number of ether oxygens (including phenoxy) is 2. The second-order valence-corrected chi connectivity index (χ2v) is 6.95. The zero-order valence-corrected chi connectivity index (χ0v) is 14.6. The number of aromatic hydroxyl groups is 1. The fraction of sp³-hybridized carbons (Fsp3) is 0.375. The van der Waals surface area contributed by atoms with Gasteiger partial charge in [0.2, 0.25) is 5.88 Å². The molecule has 0 fully saturated rings. The minimum atomic E-state index is 0.162. The first-order chi connectivity index (χ1) is 11.1. The van der Waals surface area contributed by atoms with E-state index in [0.717, 1.165) is 17.9 Å². The monoisotopic (exact) mass is 350 g/mol. The Labute approximate surface area is 143 Å². The summed E-state index contributed by atoms with van der Waals surface area (Å²) in [6.07, 6.45) is 2.54. The maximum atomic E-state index is 10.4. The quantitative estimate of drug-likeness (QED) is 0.652. The first kappa shape index (κ1) is 16.0. The number of thiazole rings is 1. The van der Waals surface area contributed by atoms with Gasteiger partial charge in [-0.05, 0) is 37.7 Å². The number of aliphatic imine (C=N–C) groups is 1. The van der Waals surface area contributed by atoms with Crippen LogP contribution in [0.1, 0.15) is 31.2 Å². The second kappa shape index (κ2) is 6.72. The fourth-order valence-corrected chi connectivity index (χ4v) is 3.68. The van der Waals surface area contributed by atoms with Crippen molar-refractivity contribution < 1.29 is 14.6 Å². The Morgan fingerprint density at radius 1 is 1.39 bits per heavy atom. The molecule has 0 unspecified atom stereocenters. The van der Waals surface area contributed by atoms with E-state index in [2.05, 4.69) is 11.9 Å². The van der Waals surface area contributed by atoms with Gasteiger partial charge in [0.05, 0.1) is 11.9 Å². The zero-order valence-electron chi connectivity index (χ0n) is 13.0. The third-order valence-electron chi connectivity index (χ3n) is 3.73. The van der Waals surface area contributed by atoms with Crippen LogP contribution >= 0.6 is 23.6 Å². The molecule has 0 saturated heterocycles. The molecule has 2 heterocycles. The lowest BCUT2D eigenvalue weighted by atomic mass is 10.2. The van der Waals surface area contributed by atoms with Crippen LogP contribution in [0.25, 0.3) is 0 Å². The van der Waals surface area contributed by atoms with E-state index in [-0.39, 0.29) is 11.9 Å². The maximum absolute atomic E-state index is 10.4. The summed E-state index contributed by atoms with van der Waals surface area (Å²) >= 11 is 6.69. The van der Waals surface area contributed by atoms with Crippen LogP contribution in [0, 0.1) is 3.95 Å². The van der Waals surface area contributed by atoms with Crippen molar-refractivity contribution in [3.05, 3.63) is 27.0 Å². The molecular weight excluding hydrogens is 332 g/mol. The van der Waals surface area contributed by atoms with Crippen molar-refractivity contribution in [2.75, 3.05) is 13.2 Å². The van der Waals surface area contributed by atoms with Gasteiger partial charge in [-0.3, -0.25) is 9.56 Å². The minimum Gasteiger partial charge on any atom is -0.493 e. The van der Waals surface area contributed by atoms with E-state index in [9.17, 15) is 5.11 Å². The summed E-state index contributed by atoms with van der Waals surface area (Å²) in [5.74, 6) is 1.60. The van der Waals surface area contributed by atoms with E-state index < -0.39 is 0 Å². The number of aromatic nitrogens is 1. The first-order valence-corrected chi connectivity index (χ1v) is 8.70. The van der Waals surface area contributed by atoms with E-state index in [0.29, 0.717) is 27.8 Å². The van der Waals surface area contributed by atoms with Crippen molar-refractivity contribution in [1.82, 2.24) is 4.57 Å². The molecule has 0 aliphatic carbocycles. The Morgan fingerprint density at radius 3 is 2.87 bits per heavy atom. The van der Waals surface area contributed by atoms with Crippen molar-refractivity contribution >= 4 is 35.5 Å². The number of hydrogen-bond donors (Lipinski definition) is 1. The van der Waals surface area contributed by atoms with Crippen LogP contribution in [0.2, 0.25) is 0 Å².